The molecule has 0 saturated heterocycles. The molecule has 1 N–H and O–H groups in total. The van der Waals surface area contributed by atoms with Crippen LogP contribution in [0.1, 0.15) is 48.9 Å². The van der Waals surface area contributed by atoms with Crippen molar-refractivity contribution in [1.29, 1.82) is 0 Å². The molecule has 0 aliphatic heterocycles. The summed E-state index contributed by atoms with van der Waals surface area (Å²) in [6.07, 6.45) is 2.52. The molecule has 0 fully saturated rings. The topological polar surface area (TPSA) is 64.4 Å². The van der Waals surface area contributed by atoms with Gasteiger partial charge >= 0.3 is 0 Å². The first-order chi connectivity index (χ1) is 14.4. The number of carbonyl (C=O) groups is 1. The molecule has 158 valence electrons. The number of hydrogen-bond acceptors (Lipinski definition) is 4. The summed E-state index contributed by atoms with van der Waals surface area (Å²) in [6, 6.07) is 14.0. The lowest BCUT2D eigenvalue weighted by Gasteiger charge is -2.23. The third kappa shape index (κ3) is 5.29. The van der Waals surface area contributed by atoms with Gasteiger partial charge in [0.15, 0.2) is 11.7 Å². The van der Waals surface area contributed by atoms with Crippen LogP contribution in [-0.4, -0.2) is 18.0 Å². The number of carbonyl (C=O) groups excluding carboxylic acids is 1. The van der Waals surface area contributed by atoms with Crippen molar-refractivity contribution in [2.24, 2.45) is 5.92 Å². The molecule has 5 heteroatoms. The van der Waals surface area contributed by atoms with Gasteiger partial charge in [-0.15, -0.1) is 0 Å². The zero-order valence-corrected chi connectivity index (χ0v) is 18.4. The van der Waals surface area contributed by atoms with Crippen molar-refractivity contribution >= 4 is 5.91 Å². The summed E-state index contributed by atoms with van der Waals surface area (Å²) in [5.41, 5.74) is 4.52. The first kappa shape index (κ1) is 21.6. The monoisotopic (exact) mass is 406 g/mol. The van der Waals surface area contributed by atoms with E-state index in [1.807, 2.05) is 30.3 Å². The number of ether oxygens (including phenoxy) is 1. The average Bonchev–Trinajstić information content (AvgIpc) is 3.21. The molecule has 0 unspecified atom stereocenters. The Hall–Kier alpha value is -3.08. The Morgan fingerprint density at radius 2 is 1.83 bits per heavy atom. The largest absolute Gasteiger partial charge is 0.497 e. The van der Waals surface area contributed by atoms with Crippen LogP contribution < -0.4 is 10.1 Å². The fraction of sp³-hybridized carbons (Fsp3) is 0.360. The van der Waals surface area contributed by atoms with Crippen molar-refractivity contribution < 1.29 is 13.9 Å². The van der Waals surface area contributed by atoms with Gasteiger partial charge in [-0.3, -0.25) is 4.79 Å². The molecule has 1 amide bonds. The van der Waals surface area contributed by atoms with E-state index in [9.17, 15) is 4.79 Å². The molecular formula is C25H30N2O3. The highest BCUT2D eigenvalue weighted by Crippen LogP contribution is 2.25. The molecule has 0 spiro atoms. The van der Waals surface area contributed by atoms with E-state index >= 15 is 0 Å². The SMILES string of the molecule is COc1ccc([C@H](NC(=O)CCc2ncc(-c3ccc(C)c(C)c3)o2)C(C)C)cc1. The number of nitrogens with one attached hydrogen (secondary N) is 1. The van der Waals surface area contributed by atoms with E-state index in [1.54, 1.807) is 13.3 Å². The number of nitrogens with zero attached hydrogens (tertiary/aromatic N) is 1. The molecular weight excluding hydrogens is 376 g/mol. The molecule has 0 bridgehead atoms. The second-order valence-electron chi connectivity index (χ2n) is 7.98. The molecule has 0 saturated carbocycles. The van der Waals surface area contributed by atoms with Gasteiger partial charge in [-0.1, -0.05) is 38.1 Å². The molecule has 1 aromatic heterocycles. The molecule has 3 rings (SSSR count). The van der Waals surface area contributed by atoms with Gasteiger partial charge in [0.25, 0.3) is 0 Å². The van der Waals surface area contributed by atoms with Crippen LogP contribution in [0, 0.1) is 19.8 Å². The average molecular weight is 407 g/mol. The number of aryl methyl sites for hydroxylation is 3. The maximum absolute atomic E-state index is 12.6. The molecule has 0 radical (unpaired) electrons. The van der Waals surface area contributed by atoms with E-state index in [-0.39, 0.29) is 17.9 Å². The standard InChI is InChI=1S/C25H30N2O3/c1-16(2)25(19-8-10-21(29-5)11-9-19)27-23(28)12-13-24-26-15-22(30-24)20-7-6-17(3)18(4)14-20/h6-11,14-16,25H,12-13H2,1-5H3,(H,27,28)/t25-/m1/s1. The first-order valence-electron chi connectivity index (χ1n) is 10.3. The Kier molecular flexibility index (Phi) is 6.93. The van der Waals surface area contributed by atoms with Crippen molar-refractivity contribution in [1.82, 2.24) is 10.3 Å². The summed E-state index contributed by atoms with van der Waals surface area (Å²) in [6.45, 7) is 8.35. The third-order valence-electron chi connectivity index (χ3n) is 5.37. The Labute approximate surface area is 178 Å². The van der Waals surface area contributed by atoms with Gasteiger partial charge in [-0.05, 0) is 54.7 Å². The summed E-state index contributed by atoms with van der Waals surface area (Å²) >= 11 is 0. The molecule has 1 heterocycles. The summed E-state index contributed by atoms with van der Waals surface area (Å²) < 4.78 is 11.1. The molecule has 3 aromatic rings. The van der Waals surface area contributed by atoms with E-state index in [4.69, 9.17) is 9.15 Å². The van der Waals surface area contributed by atoms with Gasteiger partial charge in [0.2, 0.25) is 5.91 Å². The minimum atomic E-state index is -0.0564. The van der Waals surface area contributed by atoms with Crippen molar-refractivity contribution in [3.63, 3.8) is 0 Å². The number of benzene rings is 2. The zero-order chi connectivity index (χ0) is 21.7. The maximum Gasteiger partial charge on any atom is 0.221 e. The second kappa shape index (κ2) is 9.61. The summed E-state index contributed by atoms with van der Waals surface area (Å²) in [5.74, 6) is 2.35. The number of rotatable bonds is 8. The van der Waals surface area contributed by atoms with Gasteiger partial charge in [-0.25, -0.2) is 4.98 Å². The van der Waals surface area contributed by atoms with Crippen LogP contribution in [0.25, 0.3) is 11.3 Å². The number of hydrogen-bond donors (Lipinski definition) is 1. The molecule has 2 aromatic carbocycles. The van der Waals surface area contributed by atoms with Crippen LogP contribution in [0.3, 0.4) is 0 Å². The van der Waals surface area contributed by atoms with Crippen LogP contribution >= 0.6 is 0 Å². The normalized spacial score (nSPS) is 12.1. The predicted molar refractivity (Wildman–Crippen MR) is 118 cm³/mol. The maximum atomic E-state index is 12.6. The van der Waals surface area contributed by atoms with Crippen molar-refractivity contribution in [3.05, 3.63) is 71.2 Å². The van der Waals surface area contributed by atoms with E-state index in [2.05, 4.69) is 50.1 Å². The van der Waals surface area contributed by atoms with Crippen LogP contribution in [0.15, 0.2) is 53.1 Å². The van der Waals surface area contributed by atoms with E-state index < -0.39 is 0 Å². The van der Waals surface area contributed by atoms with Gasteiger partial charge in [-0.2, -0.15) is 0 Å². The number of amides is 1. The highest BCUT2D eigenvalue weighted by Gasteiger charge is 2.19. The molecule has 0 aliphatic rings. The van der Waals surface area contributed by atoms with E-state index in [0.29, 0.717) is 18.7 Å². The van der Waals surface area contributed by atoms with Crippen molar-refractivity contribution in [2.75, 3.05) is 7.11 Å². The number of oxazole rings is 1. The highest BCUT2D eigenvalue weighted by molar-refractivity contribution is 5.76. The van der Waals surface area contributed by atoms with Crippen LogP contribution in [0.4, 0.5) is 0 Å². The van der Waals surface area contributed by atoms with Gasteiger partial charge in [0.1, 0.15) is 5.75 Å². The number of aromatic nitrogens is 1. The minimum absolute atomic E-state index is 0.0181. The molecule has 0 aliphatic carbocycles. The summed E-state index contributed by atoms with van der Waals surface area (Å²) in [7, 11) is 1.64. The molecule has 1 atom stereocenters. The van der Waals surface area contributed by atoms with Gasteiger partial charge in [0.05, 0.1) is 19.3 Å². The molecule has 30 heavy (non-hydrogen) atoms. The summed E-state index contributed by atoms with van der Waals surface area (Å²) in [4.78, 5) is 16.9. The Morgan fingerprint density at radius 3 is 2.47 bits per heavy atom. The van der Waals surface area contributed by atoms with Gasteiger partial charge in [0, 0.05) is 18.4 Å². The second-order valence-corrected chi connectivity index (χ2v) is 7.98. The summed E-state index contributed by atoms with van der Waals surface area (Å²) in [5, 5.41) is 3.14. The minimum Gasteiger partial charge on any atom is -0.497 e. The highest BCUT2D eigenvalue weighted by atomic mass is 16.5. The van der Waals surface area contributed by atoms with Crippen molar-refractivity contribution in [2.45, 2.75) is 46.6 Å². The lowest BCUT2D eigenvalue weighted by molar-refractivity contribution is -0.122. The van der Waals surface area contributed by atoms with Crippen molar-refractivity contribution in [3.8, 4) is 17.1 Å². The van der Waals surface area contributed by atoms with Crippen LogP contribution in [-0.2, 0) is 11.2 Å². The first-order valence-corrected chi connectivity index (χ1v) is 10.3. The zero-order valence-electron chi connectivity index (χ0n) is 18.4. The Bertz CT molecular complexity index is 990. The molecule has 5 nitrogen and oxygen atoms in total. The van der Waals surface area contributed by atoms with E-state index in [1.165, 1.54) is 11.1 Å². The van der Waals surface area contributed by atoms with Crippen LogP contribution in [0.5, 0.6) is 5.75 Å². The number of methoxy groups -OCH3 is 1. The van der Waals surface area contributed by atoms with Crippen LogP contribution in [0.2, 0.25) is 0 Å². The van der Waals surface area contributed by atoms with Gasteiger partial charge < -0.3 is 14.5 Å². The smallest absolute Gasteiger partial charge is 0.221 e. The lowest BCUT2D eigenvalue weighted by atomic mass is 9.95. The Balaban J connectivity index is 1.60. The third-order valence-corrected chi connectivity index (χ3v) is 5.37. The fourth-order valence-corrected chi connectivity index (χ4v) is 3.37. The van der Waals surface area contributed by atoms with E-state index in [0.717, 1.165) is 22.6 Å². The predicted octanol–water partition coefficient (Wildman–Crippen LogP) is 5.41. The quantitative estimate of drug-likeness (QED) is 0.543. The lowest BCUT2D eigenvalue weighted by Crippen LogP contribution is -2.31. The Morgan fingerprint density at radius 1 is 1.10 bits per heavy atom. The fourth-order valence-electron chi connectivity index (χ4n) is 3.37.